The minimum atomic E-state index is -3.72. The summed E-state index contributed by atoms with van der Waals surface area (Å²) in [6, 6.07) is 12.6. The van der Waals surface area contributed by atoms with E-state index in [9.17, 15) is 13.2 Å². The summed E-state index contributed by atoms with van der Waals surface area (Å²) >= 11 is 0. The zero-order chi connectivity index (χ0) is 20.7. The zero-order valence-electron chi connectivity index (χ0n) is 16.3. The Bertz CT molecular complexity index is 921. The second-order valence-electron chi connectivity index (χ2n) is 6.69. The predicted molar refractivity (Wildman–Crippen MR) is 107 cm³/mol. The molecule has 0 radical (unpaired) electrons. The van der Waals surface area contributed by atoms with Gasteiger partial charge < -0.3 is 9.47 Å². The molecular formula is C20H25N3O5S. The molecule has 0 aliphatic carbocycles. The number of hydrogen-bond donors (Lipinski definition) is 1. The van der Waals surface area contributed by atoms with Crippen LogP contribution in [-0.4, -0.2) is 43.4 Å². The first kappa shape index (κ1) is 21.2. The third-order valence-corrected chi connectivity index (χ3v) is 6.09. The number of hydrogen-bond acceptors (Lipinski definition) is 6. The minimum Gasteiger partial charge on any atom is -0.466 e. The van der Waals surface area contributed by atoms with Gasteiger partial charge in [0.25, 0.3) is 10.2 Å². The van der Waals surface area contributed by atoms with E-state index in [-0.39, 0.29) is 25.7 Å². The molecule has 29 heavy (non-hydrogen) atoms. The van der Waals surface area contributed by atoms with Crippen molar-refractivity contribution in [1.82, 2.24) is 14.0 Å². The van der Waals surface area contributed by atoms with E-state index in [0.717, 1.165) is 0 Å². The average molecular weight is 420 g/mol. The molecule has 0 spiro atoms. The Balaban J connectivity index is 1.60. The highest BCUT2D eigenvalue weighted by Gasteiger charge is 2.32. The highest BCUT2D eigenvalue weighted by atomic mass is 32.2. The maximum Gasteiger partial charge on any atom is 0.310 e. The van der Waals surface area contributed by atoms with Gasteiger partial charge in [-0.1, -0.05) is 18.2 Å². The number of ether oxygens (including phenoxy) is 2. The molecule has 1 aliphatic heterocycles. The zero-order valence-corrected chi connectivity index (χ0v) is 17.1. The molecule has 1 atom stereocenters. The fourth-order valence-corrected chi connectivity index (χ4v) is 4.38. The van der Waals surface area contributed by atoms with Gasteiger partial charge in [0.05, 0.1) is 12.5 Å². The van der Waals surface area contributed by atoms with Crippen LogP contribution >= 0.6 is 0 Å². The molecule has 1 aromatic heterocycles. The molecule has 8 nitrogen and oxygen atoms in total. The summed E-state index contributed by atoms with van der Waals surface area (Å²) in [5, 5.41) is 0. The topological polar surface area (TPSA) is 97.8 Å². The lowest BCUT2D eigenvalue weighted by atomic mass is 10.0. The van der Waals surface area contributed by atoms with E-state index in [1.165, 1.54) is 4.31 Å². The molecule has 1 aromatic carbocycles. The molecule has 156 valence electrons. The van der Waals surface area contributed by atoms with Crippen LogP contribution in [0.5, 0.6) is 11.6 Å². The van der Waals surface area contributed by atoms with Crippen LogP contribution in [0.25, 0.3) is 0 Å². The molecule has 0 saturated carbocycles. The van der Waals surface area contributed by atoms with E-state index in [4.69, 9.17) is 9.47 Å². The Morgan fingerprint density at radius 1 is 1.28 bits per heavy atom. The van der Waals surface area contributed by atoms with Gasteiger partial charge in [0.2, 0.25) is 5.88 Å². The molecule has 3 rings (SSSR count). The van der Waals surface area contributed by atoms with E-state index in [2.05, 4.69) is 9.71 Å². The number of rotatable bonds is 8. The quantitative estimate of drug-likeness (QED) is 0.660. The number of carbonyl (C=O) groups excluding carboxylic acids is 1. The second kappa shape index (κ2) is 9.82. The number of benzene rings is 1. The van der Waals surface area contributed by atoms with Gasteiger partial charge in [0, 0.05) is 31.9 Å². The van der Waals surface area contributed by atoms with Gasteiger partial charge in [-0.3, -0.25) is 4.79 Å². The summed E-state index contributed by atoms with van der Waals surface area (Å²) in [4.78, 5) is 16.1. The number of aromatic nitrogens is 1. The molecular weight excluding hydrogens is 394 g/mol. The number of para-hydroxylation sites is 1. The van der Waals surface area contributed by atoms with Crippen molar-refractivity contribution in [3.63, 3.8) is 0 Å². The van der Waals surface area contributed by atoms with Gasteiger partial charge in [-0.15, -0.1) is 0 Å². The van der Waals surface area contributed by atoms with Gasteiger partial charge in [-0.25, -0.2) is 4.98 Å². The molecule has 9 heteroatoms. The standard InChI is InChI=1S/C20H25N3O5S/c1-2-27-20(24)17-7-6-12-23(15-17)29(25,26)22-14-16-10-11-21-19(13-16)28-18-8-4-3-5-9-18/h3-5,8-11,13,17,22H,2,6-7,12,14-15H2,1H3/t17-/m1/s1. The Morgan fingerprint density at radius 2 is 2.07 bits per heavy atom. The highest BCUT2D eigenvalue weighted by molar-refractivity contribution is 7.87. The van der Waals surface area contributed by atoms with E-state index in [1.807, 2.05) is 30.3 Å². The van der Waals surface area contributed by atoms with Crippen molar-refractivity contribution in [1.29, 1.82) is 0 Å². The largest absolute Gasteiger partial charge is 0.466 e. The highest BCUT2D eigenvalue weighted by Crippen LogP contribution is 2.21. The van der Waals surface area contributed by atoms with E-state index >= 15 is 0 Å². The average Bonchev–Trinajstić information content (AvgIpc) is 2.74. The molecule has 2 aromatic rings. The van der Waals surface area contributed by atoms with Crippen LogP contribution in [0, 0.1) is 5.92 Å². The second-order valence-corrected chi connectivity index (χ2v) is 8.45. The van der Waals surface area contributed by atoms with Gasteiger partial charge in [-0.2, -0.15) is 17.4 Å². The lowest BCUT2D eigenvalue weighted by Crippen LogP contribution is -2.47. The number of nitrogens with one attached hydrogen (secondary N) is 1. The number of piperidine rings is 1. The van der Waals surface area contributed by atoms with E-state index in [1.54, 1.807) is 25.3 Å². The fraction of sp³-hybridized carbons (Fsp3) is 0.400. The number of esters is 1. The van der Waals surface area contributed by atoms with Crippen LogP contribution in [0.2, 0.25) is 0 Å². The normalized spacial score (nSPS) is 17.6. The third-order valence-electron chi connectivity index (χ3n) is 4.57. The monoisotopic (exact) mass is 419 g/mol. The van der Waals surface area contributed by atoms with Crippen molar-refractivity contribution in [3.8, 4) is 11.6 Å². The Morgan fingerprint density at radius 3 is 2.83 bits per heavy atom. The molecule has 1 fully saturated rings. The SMILES string of the molecule is CCOC(=O)[C@@H]1CCCN(S(=O)(=O)NCc2ccnc(Oc3ccccc3)c2)C1. The Hall–Kier alpha value is -2.49. The first-order chi connectivity index (χ1) is 14.0. The Labute approximate surface area is 171 Å². The summed E-state index contributed by atoms with van der Waals surface area (Å²) in [7, 11) is -3.72. The van der Waals surface area contributed by atoms with E-state index < -0.39 is 16.1 Å². The van der Waals surface area contributed by atoms with Gasteiger partial charge in [0.15, 0.2) is 0 Å². The summed E-state index contributed by atoms with van der Waals surface area (Å²) < 4.78 is 40.0. The lowest BCUT2D eigenvalue weighted by Gasteiger charge is -2.30. The van der Waals surface area contributed by atoms with E-state index in [0.29, 0.717) is 36.6 Å². The van der Waals surface area contributed by atoms with Crippen molar-refractivity contribution in [2.24, 2.45) is 5.92 Å². The number of carbonyl (C=O) groups is 1. The maximum atomic E-state index is 12.7. The minimum absolute atomic E-state index is 0.0938. The number of pyridine rings is 1. The molecule has 0 unspecified atom stereocenters. The van der Waals surface area contributed by atoms with Crippen LogP contribution in [0.4, 0.5) is 0 Å². The number of nitrogens with zero attached hydrogens (tertiary/aromatic N) is 2. The van der Waals surface area contributed by atoms with Crippen LogP contribution in [0.1, 0.15) is 25.3 Å². The van der Waals surface area contributed by atoms with Crippen molar-refractivity contribution in [2.75, 3.05) is 19.7 Å². The van der Waals surface area contributed by atoms with Crippen LogP contribution in [-0.2, 0) is 26.3 Å². The van der Waals surface area contributed by atoms with Crippen molar-refractivity contribution < 1.29 is 22.7 Å². The van der Waals surface area contributed by atoms with Crippen LogP contribution in [0.15, 0.2) is 48.7 Å². The van der Waals surface area contributed by atoms with Gasteiger partial charge in [0.1, 0.15) is 5.75 Å². The van der Waals surface area contributed by atoms with Crippen molar-refractivity contribution in [3.05, 3.63) is 54.2 Å². The summed E-state index contributed by atoms with van der Waals surface area (Å²) in [6.45, 7) is 2.63. The summed E-state index contributed by atoms with van der Waals surface area (Å²) in [5.74, 6) is 0.264. The third kappa shape index (κ3) is 5.99. The first-order valence-corrected chi connectivity index (χ1v) is 11.0. The van der Waals surface area contributed by atoms with Crippen LogP contribution in [0.3, 0.4) is 0 Å². The first-order valence-electron chi connectivity index (χ1n) is 9.57. The molecule has 1 aliphatic rings. The van der Waals surface area contributed by atoms with Crippen molar-refractivity contribution in [2.45, 2.75) is 26.3 Å². The predicted octanol–water partition coefficient (Wildman–Crippen LogP) is 2.48. The van der Waals surface area contributed by atoms with Crippen molar-refractivity contribution >= 4 is 16.2 Å². The molecule has 0 amide bonds. The van der Waals surface area contributed by atoms with Crippen LogP contribution < -0.4 is 9.46 Å². The molecule has 1 saturated heterocycles. The Kier molecular flexibility index (Phi) is 7.18. The fourth-order valence-electron chi connectivity index (χ4n) is 3.10. The van der Waals surface area contributed by atoms with Gasteiger partial charge >= 0.3 is 5.97 Å². The molecule has 0 bridgehead atoms. The molecule has 2 heterocycles. The smallest absolute Gasteiger partial charge is 0.310 e. The lowest BCUT2D eigenvalue weighted by molar-refractivity contribution is -0.149. The van der Waals surface area contributed by atoms with Gasteiger partial charge in [-0.05, 0) is 43.5 Å². The maximum absolute atomic E-state index is 12.7. The summed E-state index contributed by atoms with van der Waals surface area (Å²) in [6.07, 6.45) is 2.82. The summed E-state index contributed by atoms with van der Waals surface area (Å²) in [5.41, 5.74) is 0.716. The molecule has 1 N–H and O–H groups in total.